The van der Waals surface area contributed by atoms with E-state index >= 15 is 0 Å². The molecule has 3 aromatic carbocycles. The molecule has 0 unspecified atom stereocenters. The third-order valence-electron chi connectivity index (χ3n) is 6.74. The maximum Gasteiger partial charge on any atom is 0.416 e. The molecule has 0 aliphatic carbocycles. The molecule has 0 aliphatic heterocycles. The number of amides is 1. The summed E-state index contributed by atoms with van der Waals surface area (Å²) in [7, 11) is 0. The van der Waals surface area contributed by atoms with Crippen molar-refractivity contribution in [3.8, 4) is 11.3 Å². The van der Waals surface area contributed by atoms with Crippen molar-refractivity contribution in [3.05, 3.63) is 104 Å². The van der Waals surface area contributed by atoms with Crippen molar-refractivity contribution in [1.29, 1.82) is 0 Å². The van der Waals surface area contributed by atoms with Gasteiger partial charge in [0.1, 0.15) is 0 Å². The maximum atomic E-state index is 13.6. The molecule has 0 saturated carbocycles. The molecular weight excluding hydrogens is 644 g/mol. The Labute approximate surface area is 263 Å². The Morgan fingerprint density at radius 2 is 1.49 bits per heavy atom. The van der Waals surface area contributed by atoms with Gasteiger partial charge in [0.2, 0.25) is 0 Å². The number of thiazole rings is 1. The number of hydrogen-bond donors (Lipinski definition) is 2. The molecule has 0 atom stereocenters. The molecule has 0 radical (unpaired) electrons. The number of hydrogen-bond acceptors (Lipinski definition) is 5. The van der Waals surface area contributed by atoms with E-state index in [0.717, 1.165) is 10.4 Å². The normalized spacial score (nSPS) is 11.8. The molecule has 0 fully saturated rings. The number of benzene rings is 3. The van der Waals surface area contributed by atoms with E-state index in [2.05, 4.69) is 5.32 Å². The Morgan fingerprint density at radius 3 is 2.04 bits per heavy atom. The number of anilines is 1. The van der Waals surface area contributed by atoms with E-state index in [4.69, 9.17) is 21.7 Å². The predicted octanol–water partition coefficient (Wildman–Crippen LogP) is 8.53. The number of carboxylic acids is 1. The number of aliphatic carboxylic acids is 1. The van der Waals surface area contributed by atoms with Crippen LogP contribution in [0.1, 0.15) is 49.5 Å². The molecule has 45 heavy (non-hydrogen) atoms. The molecular formula is C31H26ClF6N3O3S. The zero-order valence-electron chi connectivity index (χ0n) is 23.8. The van der Waals surface area contributed by atoms with Crippen molar-refractivity contribution in [2.75, 3.05) is 11.4 Å². The van der Waals surface area contributed by atoms with E-state index in [1.54, 1.807) is 30.0 Å². The third kappa shape index (κ3) is 8.76. The van der Waals surface area contributed by atoms with Crippen LogP contribution in [0.15, 0.2) is 60.7 Å². The number of aryl methyl sites for hydroxylation is 2. The number of halogens is 7. The first kappa shape index (κ1) is 33.8. The SMILES string of the molecule is Cc1ccc(-c2nc(N(Cc3ccc(C(=O)NCCC(=O)O)cc3)Cc3cc(C(F)(F)F)cc(C(F)(F)F)c3)sc2C)cc1Cl. The van der Waals surface area contributed by atoms with Crippen LogP contribution in [0.4, 0.5) is 31.5 Å². The van der Waals surface area contributed by atoms with Gasteiger partial charge < -0.3 is 15.3 Å². The van der Waals surface area contributed by atoms with Gasteiger partial charge in [-0.25, -0.2) is 4.98 Å². The van der Waals surface area contributed by atoms with Gasteiger partial charge in [-0.2, -0.15) is 26.3 Å². The van der Waals surface area contributed by atoms with Gasteiger partial charge >= 0.3 is 18.3 Å². The van der Waals surface area contributed by atoms with Crippen molar-refractivity contribution < 1.29 is 41.0 Å². The van der Waals surface area contributed by atoms with E-state index < -0.39 is 35.4 Å². The summed E-state index contributed by atoms with van der Waals surface area (Å²) in [6, 6.07) is 13.0. The maximum absolute atomic E-state index is 13.6. The lowest BCUT2D eigenvalue weighted by Gasteiger charge is -2.24. The standard InChI is InChI=1S/C31H26ClF6N3O3S/c1-17-3-6-22(13-25(17)32)27-18(2)45-29(40-27)41(15-19-4-7-21(8-5-19)28(44)39-10-9-26(42)43)16-20-11-23(30(33,34)35)14-24(12-20)31(36,37)38/h3-8,11-14H,9-10,15-16H2,1-2H3,(H,39,44)(H,42,43). The van der Waals surface area contributed by atoms with Gasteiger partial charge in [0.05, 0.1) is 23.2 Å². The third-order valence-corrected chi connectivity index (χ3v) is 8.17. The molecule has 1 aromatic heterocycles. The molecule has 1 amide bonds. The van der Waals surface area contributed by atoms with E-state index in [0.29, 0.717) is 39.1 Å². The zero-order valence-corrected chi connectivity index (χ0v) is 25.4. The number of carboxylic acid groups (broad SMARTS) is 1. The first-order valence-electron chi connectivity index (χ1n) is 13.4. The van der Waals surface area contributed by atoms with Crippen molar-refractivity contribution in [2.45, 2.75) is 45.7 Å². The summed E-state index contributed by atoms with van der Waals surface area (Å²) in [6.07, 6.45) is -10.3. The van der Waals surface area contributed by atoms with Crippen molar-refractivity contribution in [3.63, 3.8) is 0 Å². The lowest BCUT2D eigenvalue weighted by atomic mass is 10.0. The van der Waals surface area contributed by atoms with Crippen LogP contribution in [0.25, 0.3) is 11.3 Å². The second-order valence-corrected chi connectivity index (χ2v) is 11.8. The molecule has 4 aromatic rings. The lowest BCUT2D eigenvalue weighted by Crippen LogP contribution is -2.26. The topological polar surface area (TPSA) is 82.5 Å². The van der Waals surface area contributed by atoms with Gasteiger partial charge in [-0.05, 0) is 66.9 Å². The molecule has 0 saturated heterocycles. The zero-order chi connectivity index (χ0) is 33.1. The number of alkyl halides is 6. The second kappa shape index (κ2) is 13.5. The smallest absolute Gasteiger partial charge is 0.416 e. The quantitative estimate of drug-likeness (QED) is 0.166. The minimum atomic E-state index is -5.00. The lowest BCUT2D eigenvalue weighted by molar-refractivity contribution is -0.143. The first-order valence-corrected chi connectivity index (χ1v) is 14.6. The second-order valence-electron chi connectivity index (χ2n) is 10.2. The van der Waals surface area contributed by atoms with Gasteiger partial charge in [0, 0.05) is 40.7 Å². The highest BCUT2D eigenvalue weighted by Crippen LogP contribution is 2.39. The Balaban J connectivity index is 1.71. The van der Waals surface area contributed by atoms with Crippen LogP contribution in [0.3, 0.4) is 0 Å². The van der Waals surface area contributed by atoms with Crippen molar-refractivity contribution >= 4 is 39.9 Å². The van der Waals surface area contributed by atoms with Gasteiger partial charge in [0.15, 0.2) is 5.13 Å². The molecule has 4 rings (SSSR count). The summed E-state index contributed by atoms with van der Waals surface area (Å²) < 4.78 is 81.6. The summed E-state index contributed by atoms with van der Waals surface area (Å²) in [5.41, 5.74) is -0.123. The molecule has 6 nitrogen and oxygen atoms in total. The highest BCUT2D eigenvalue weighted by atomic mass is 35.5. The Morgan fingerprint density at radius 1 is 0.889 bits per heavy atom. The number of aromatic nitrogens is 1. The average molecular weight is 670 g/mol. The fourth-order valence-electron chi connectivity index (χ4n) is 4.41. The Bertz CT molecular complexity index is 1670. The summed E-state index contributed by atoms with van der Waals surface area (Å²) in [5.74, 6) is -1.57. The molecule has 1 heterocycles. The van der Waals surface area contributed by atoms with Gasteiger partial charge in [-0.3, -0.25) is 9.59 Å². The van der Waals surface area contributed by atoms with Crippen LogP contribution < -0.4 is 10.2 Å². The largest absolute Gasteiger partial charge is 0.481 e. The van der Waals surface area contributed by atoms with Gasteiger partial charge in [-0.1, -0.05) is 35.9 Å². The molecule has 14 heteroatoms. The van der Waals surface area contributed by atoms with Crippen LogP contribution in [-0.4, -0.2) is 28.5 Å². The molecule has 0 spiro atoms. The van der Waals surface area contributed by atoms with Gasteiger partial charge in [0.25, 0.3) is 5.91 Å². The minimum absolute atomic E-state index is 0.0273. The number of carbonyl (C=O) groups excluding carboxylic acids is 1. The van der Waals surface area contributed by atoms with Crippen LogP contribution in [0.2, 0.25) is 5.02 Å². The average Bonchev–Trinajstić information content (AvgIpc) is 3.34. The number of nitrogens with one attached hydrogen (secondary N) is 1. The monoisotopic (exact) mass is 669 g/mol. The van der Waals surface area contributed by atoms with Crippen LogP contribution in [-0.2, 0) is 30.2 Å². The van der Waals surface area contributed by atoms with Gasteiger partial charge in [-0.15, -0.1) is 11.3 Å². The molecule has 2 N–H and O–H groups in total. The number of rotatable bonds is 10. The number of carbonyl (C=O) groups is 2. The summed E-state index contributed by atoms with van der Waals surface area (Å²) >= 11 is 7.53. The van der Waals surface area contributed by atoms with E-state index in [-0.39, 0.29) is 43.2 Å². The first-order chi connectivity index (χ1) is 21.0. The minimum Gasteiger partial charge on any atom is -0.481 e. The summed E-state index contributed by atoms with van der Waals surface area (Å²) in [6.45, 7) is 3.25. The van der Waals surface area contributed by atoms with Crippen molar-refractivity contribution in [1.82, 2.24) is 10.3 Å². The fourth-order valence-corrected chi connectivity index (χ4v) is 5.52. The highest BCUT2D eigenvalue weighted by molar-refractivity contribution is 7.16. The molecule has 238 valence electrons. The van der Waals surface area contributed by atoms with Crippen molar-refractivity contribution in [2.24, 2.45) is 0 Å². The predicted molar refractivity (Wildman–Crippen MR) is 159 cm³/mol. The van der Waals surface area contributed by atoms with Crippen LogP contribution >= 0.6 is 22.9 Å². The Kier molecular flexibility index (Phi) is 10.1. The number of nitrogens with zero attached hydrogens (tertiary/aromatic N) is 2. The van der Waals surface area contributed by atoms with Crippen LogP contribution in [0, 0.1) is 13.8 Å². The molecule has 0 bridgehead atoms. The summed E-state index contributed by atoms with van der Waals surface area (Å²) in [5, 5.41) is 12.1. The Hall–Kier alpha value is -4.10. The summed E-state index contributed by atoms with van der Waals surface area (Å²) in [4.78, 5) is 30.1. The highest BCUT2D eigenvalue weighted by Gasteiger charge is 2.37. The van der Waals surface area contributed by atoms with E-state index in [1.165, 1.54) is 23.5 Å². The van der Waals surface area contributed by atoms with E-state index in [9.17, 15) is 35.9 Å². The van der Waals surface area contributed by atoms with E-state index in [1.807, 2.05) is 19.1 Å². The fraction of sp³-hybridized carbons (Fsp3) is 0.258. The molecule has 0 aliphatic rings. The van der Waals surface area contributed by atoms with Crippen LogP contribution in [0.5, 0.6) is 0 Å².